The predicted molar refractivity (Wildman–Crippen MR) is 73.2 cm³/mol. The monoisotopic (exact) mass is 516 g/mol. The minimum Gasteiger partial charge on any atom is -0.506 e. The number of carboxylic acids is 1. The highest BCUT2D eigenvalue weighted by Gasteiger charge is 2.16. The average molecular weight is 516 g/mol. The molecule has 1 rings (SSSR count). The van der Waals surface area contributed by atoms with Crippen LogP contribution in [0.2, 0.25) is 0 Å². The molecule has 0 radical (unpaired) electrons. The molecule has 1 aromatic rings. The van der Waals surface area contributed by atoms with Crippen molar-refractivity contribution in [3.05, 3.63) is 22.3 Å². The average Bonchev–Trinajstić information content (AvgIpc) is 2.07. The van der Waals surface area contributed by atoms with Gasteiger partial charge in [-0.25, -0.2) is 4.79 Å². The van der Waals surface area contributed by atoms with Gasteiger partial charge >= 0.3 is 5.97 Å². The molecule has 13 heavy (non-hydrogen) atoms. The summed E-state index contributed by atoms with van der Waals surface area (Å²) >= 11 is 5.79. The van der Waals surface area contributed by atoms with Crippen LogP contribution in [0.5, 0.6) is 5.75 Å². The van der Waals surface area contributed by atoms with Crippen LogP contribution >= 0.6 is 67.8 Å². The molecule has 0 unspecified atom stereocenters. The standard InChI is InChI=1S/C7H3I3O3/c8-3-1-2(7(12)13)4(9)6(11)5(3)10/h1,11H,(H,12,13). The van der Waals surface area contributed by atoms with E-state index in [4.69, 9.17) is 5.11 Å². The van der Waals surface area contributed by atoms with Crippen molar-refractivity contribution < 1.29 is 15.0 Å². The Kier molecular flexibility index (Phi) is 4.04. The number of carbonyl (C=O) groups is 1. The Bertz CT molecular complexity index is 376. The zero-order chi connectivity index (χ0) is 10.2. The summed E-state index contributed by atoms with van der Waals surface area (Å²) in [5, 5.41) is 18.3. The molecule has 0 saturated heterocycles. The molecular weight excluding hydrogens is 513 g/mol. The second-order valence-electron chi connectivity index (χ2n) is 2.19. The van der Waals surface area contributed by atoms with E-state index in [1.54, 1.807) is 6.07 Å². The van der Waals surface area contributed by atoms with E-state index in [2.05, 4.69) is 0 Å². The van der Waals surface area contributed by atoms with Crippen molar-refractivity contribution >= 4 is 73.7 Å². The van der Waals surface area contributed by atoms with Crippen LogP contribution in [-0.2, 0) is 0 Å². The second kappa shape index (κ2) is 4.47. The van der Waals surface area contributed by atoms with Crippen molar-refractivity contribution in [2.75, 3.05) is 0 Å². The molecule has 0 spiro atoms. The van der Waals surface area contributed by atoms with Crippen LogP contribution in [0, 0.1) is 10.7 Å². The molecule has 0 aliphatic heterocycles. The Labute approximate surface area is 115 Å². The number of halogens is 3. The van der Waals surface area contributed by atoms with Crippen LogP contribution in [0.4, 0.5) is 0 Å². The molecule has 6 heteroatoms. The minimum atomic E-state index is -1.02. The lowest BCUT2D eigenvalue weighted by Crippen LogP contribution is -2.02. The topological polar surface area (TPSA) is 57.5 Å². The van der Waals surface area contributed by atoms with E-state index in [0.29, 0.717) is 7.14 Å². The Morgan fingerprint density at radius 3 is 2.23 bits per heavy atom. The van der Waals surface area contributed by atoms with E-state index in [0.717, 1.165) is 3.57 Å². The first kappa shape index (κ1) is 11.8. The summed E-state index contributed by atoms with van der Waals surface area (Å²) in [6.07, 6.45) is 0. The normalized spacial score (nSPS) is 10.1. The van der Waals surface area contributed by atoms with Crippen molar-refractivity contribution in [1.29, 1.82) is 0 Å². The summed E-state index contributed by atoms with van der Waals surface area (Å²) in [4.78, 5) is 10.7. The molecule has 2 N–H and O–H groups in total. The Morgan fingerprint density at radius 2 is 1.77 bits per heavy atom. The van der Waals surface area contributed by atoms with Gasteiger partial charge in [0.2, 0.25) is 0 Å². The van der Waals surface area contributed by atoms with Crippen molar-refractivity contribution in [2.24, 2.45) is 0 Å². The zero-order valence-corrected chi connectivity index (χ0v) is 12.5. The molecule has 3 nitrogen and oxygen atoms in total. The lowest BCUT2D eigenvalue weighted by molar-refractivity contribution is 0.0695. The molecule has 70 valence electrons. The van der Waals surface area contributed by atoms with Gasteiger partial charge in [0.1, 0.15) is 5.75 Å². The molecule has 0 atom stereocenters. The third kappa shape index (κ3) is 2.37. The van der Waals surface area contributed by atoms with Gasteiger partial charge < -0.3 is 10.2 Å². The number of rotatable bonds is 1. The Morgan fingerprint density at radius 1 is 1.23 bits per heavy atom. The van der Waals surface area contributed by atoms with Gasteiger partial charge in [0.25, 0.3) is 0 Å². The molecule has 0 saturated carbocycles. The third-order valence-corrected chi connectivity index (χ3v) is 5.43. The third-order valence-electron chi connectivity index (χ3n) is 1.36. The van der Waals surface area contributed by atoms with Crippen LogP contribution in [0.25, 0.3) is 0 Å². The van der Waals surface area contributed by atoms with Crippen LogP contribution in [0.3, 0.4) is 0 Å². The number of hydrogen-bond donors (Lipinski definition) is 2. The first-order valence-corrected chi connectivity index (χ1v) is 6.28. The maximum atomic E-state index is 10.7. The first-order valence-electron chi connectivity index (χ1n) is 3.05. The number of hydrogen-bond acceptors (Lipinski definition) is 2. The van der Waals surface area contributed by atoms with Crippen molar-refractivity contribution in [1.82, 2.24) is 0 Å². The van der Waals surface area contributed by atoms with Crippen molar-refractivity contribution in [3.63, 3.8) is 0 Å². The fourth-order valence-corrected chi connectivity index (χ4v) is 2.91. The molecule has 1 aromatic carbocycles. The van der Waals surface area contributed by atoms with Gasteiger partial charge in [-0.15, -0.1) is 0 Å². The molecule has 0 heterocycles. The summed E-state index contributed by atoms with van der Waals surface area (Å²) < 4.78 is 1.82. The molecular formula is C7H3I3O3. The summed E-state index contributed by atoms with van der Waals surface area (Å²) in [6.45, 7) is 0. The minimum absolute atomic E-state index is 0.0468. The lowest BCUT2D eigenvalue weighted by atomic mass is 10.2. The Balaban J connectivity index is 3.50. The molecule has 0 aliphatic rings. The summed E-state index contributed by atoms with van der Waals surface area (Å²) in [7, 11) is 0. The maximum absolute atomic E-state index is 10.7. The van der Waals surface area contributed by atoms with E-state index in [1.165, 1.54) is 0 Å². The van der Waals surface area contributed by atoms with Gasteiger partial charge in [0, 0.05) is 3.57 Å². The van der Waals surface area contributed by atoms with Crippen molar-refractivity contribution in [2.45, 2.75) is 0 Å². The fourth-order valence-electron chi connectivity index (χ4n) is 0.746. The maximum Gasteiger partial charge on any atom is 0.336 e. The predicted octanol–water partition coefficient (Wildman–Crippen LogP) is 2.90. The fraction of sp³-hybridized carbons (Fsp3) is 0. The molecule has 0 bridgehead atoms. The lowest BCUT2D eigenvalue weighted by Gasteiger charge is -2.05. The van der Waals surface area contributed by atoms with Crippen LogP contribution in [-0.4, -0.2) is 16.2 Å². The summed E-state index contributed by atoms with van der Waals surface area (Å²) in [5.74, 6) is -0.973. The van der Waals surface area contributed by atoms with Crippen LogP contribution in [0.1, 0.15) is 10.4 Å². The SMILES string of the molecule is O=C(O)c1cc(I)c(I)c(O)c1I. The van der Waals surface area contributed by atoms with Gasteiger partial charge in [0.05, 0.1) is 12.7 Å². The van der Waals surface area contributed by atoms with E-state index in [1.807, 2.05) is 67.8 Å². The summed E-state index contributed by atoms with van der Waals surface area (Å²) in [6, 6.07) is 1.55. The number of phenols is 1. The highest BCUT2D eigenvalue weighted by atomic mass is 127. The van der Waals surface area contributed by atoms with E-state index < -0.39 is 5.97 Å². The number of benzene rings is 1. The van der Waals surface area contributed by atoms with Gasteiger partial charge in [-0.3, -0.25) is 0 Å². The van der Waals surface area contributed by atoms with Gasteiger partial charge in [0.15, 0.2) is 0 Å². The number of aromatic hydroxyl groups is 1. The second-order valence-corrected chi connectivity index (χ2v) is 5.51. The zero-order valence-electron chi connectivity index (χ0n) is 6.01. The van der Waals surface area contributed by atoms with E-state index in [9.17, 15) is 9.90 Å². The molecule has 0 fully saturated rings. The number of carboxylic acid groups (broad SMARTS) is 1. The molecule has 0 amide bonds. The van der Waals surface area contributed by atoms with Crippen LogP contribution in [0.15, 0.2) is 6.07 Å². The highest BCUT2D eigenvalue weighted by molar-refractivity contribution is 14.1. The largest absolute Gasteiger partial charge is 0.506 e. The van der Waals surface area contributed by atoms with Gasteiger partial charge in [-0.05, 0) is 73.8 Å². The smallest absolute Gasteiger partial charge is 0.336 e. The first-order chi connectivity index (χ1) is 5.95. The number of aromatic carboxylic acids is 1. The van der Waals surface area contributed by atoms with Gasteiger partial charge in [-0.1, -0.05) is 0 Å². The van der Waals surface area contributed by atoms with Crippen molar-refractivity contribution in [3.8, 4) is 5.75 Å². The summed E-state index contributed by atoms with van der Waals surface area (Å²) in [5.41, 5.74) is 0.142. The quantitative estimate of drug-likeness (QED) is 0.447. The van der Waals surface area contributed by atoms with E-state index >= 15 is 0 Å². The number of phenolic OH excluding ortho intramolecular Hbond substituents is 1. The van der Waals surface area contributed by atoms with E-state index in [-0.39, 0.29) is 11.3 Å². The van der Waals surface area contributed by atoms with Crippen LogP contribution < -0.4 is 0 Å². The Hall–Kier alpha value is 0.680. The molecule has 0 aromatic heterocycles. The molecule has 0 aliphatic carbocycles. The highest BCUT2D eigenvalue weighted by Crippen LogP contribution is 2.32. The van der Waals surface area contributed by atoms with Gasteiger partial charge in [-0.2, -0.15) is 0 Å².